The highest BCUT2D eigenvalue weighted by Gasteiger charge is 1.98. The zero-order chi connectivity index (χ0) is 12.6. The first-order valence-corrected chi connectivity index (χ1v) is 6.43. The first kappa shape index (κ1) is 13.0. The topological polar surface area (TPSA) is 42.4 Å². The van der Waals surface area contributed by atoms with Gasteiger partial charge in [-0.15, -0.1) is 0 Å². The average Bonchev–Trinajstić information content (AvgIpc) is 2.42. The van der Waals surface area contributed by atoms with Gasteiger partial charge in [0.1, 0.15) is 0 Å². The third kappa shape index (κ3) is 3.79. The van der Waals surface area contributed by atoms with E-state index in [1.165, 1.54) is 0 Å². The van der Waals surface area contributed by atoms with Gasteiger partial charge in [-0.1, -0.05) is 24.3 Å². The van der Waals surface area contributed by atoms with E-state index >= 15 is 0 Å². The Hall–Kier alpha value is -1.45. The molecule has 18 heavy (non-hydrogen) atoms. The molecule has 1 N–H and O–H groups in total. The Morgan fingerprint density at radius 1 is 1.00 bits per heavy atom. The second-order valence-electron chi connectivity index (χ2n) is 4.33. The molecule has 2 rings (SSSR count). The van der Waals surface area contributed by atoms with Gasteiger partial charge < -0.3 is 9.84 Å². The standard InChI is InChI=1S/C15H19NO2/c17-10-4-1-5-11-18-12-14-9-8-13-6-2-3-7-15(13)16-14/h2-3,6-9,17H,1,4-5,10-12H2. The van der Waals surface area contributed by atoms with Crippen molar-refractivity contribution in [3.63, 3.8) is 0 Å². The van der Waals surface area contributed by atoms with Crippen molar-refractivity contribution in [2.75, 3.05) is 13.2 Å². The number of nitrogens with zero attached hydrogens (tertiary/aromatic N) is 1. The molecule has 0 saturated heterocycles. The Kier molecular flexibility index (Phi) is 5.12. The van der Waals surface area contributed by atoms with Gasteiger partial charge in [0.15, 0.2) is 0 Å². The fraction of sp³-hybridized carbons (Fsp3) is 0.400. The minimum Gasteiger partial charge on any atom is -0.396 e. The van der Waals surface area contributed by atoms with E-state index in [-0.39, 0.29) is 6.61 Å². The summed E-state index contributed by atoms with van der Waals surface area (Å²) in [7, 11) is 0. The van der Waals surface area contributed by atoms with Crippen LogP contribution in [0, 0.1) is 0 Å². The number of hydrogen-bond acceptors (Lipinski definition) is 3. The highest BCUT2D eigenvalue weighted by molar-refractivity contribution is 5.78. The Bertz CT molecular complexity index is 485. The number of pyridine rings is 1. The summed E-state index contributed by atoms with van der Waals surface area (Å²) in [5.74, 6) is 0. The number of unbranched alkanes of at least 4 members (excludes halogenated alkanes) is 2. The van der Waals surface area contributed by atoms with E-state index in [0.717, 1.165) is 42.5 Å². The van der Waals surface area contributed by atoms with E-state index in [4.69, 9.17) is 9.84 Å². The molecule has 0 saturated carbocycles. The van der Waals surface area contributed by atoms with Crippen molar-refractivity contribution in [2.45, 2.75) is 25.9 Å². The van der Waals surface area contributed by atoms with Gasteiger partial charge in [0.25, 0.3) is 0 Å². The SMILES string of the molecule is OCCCCCOCc1ccc2ccccc2n1. The van der Waals surface area contributed by atoms with Crippen LogP contribution in [0.1, 0.15) is 25.0 Å². The number of rotatable bonds is 7. The van der Waals surface area contributed by atoms with Crippen molar-refractivity contribution >= 4 is 10.9 Å². The zero-order valence-electron chi connectivity index (χ0n) is 10.5. The van der Waals surface area contributed by atoms with E-state index < -0.39 is 0 Å². The summed E-state index contributed by atoms with van der Waals surface area (Å²) in [4.78, 5) is 4.54. The Balaban J connectivity index is 1.81. The summed E-state index contributed by atoms with van der Waals surface area (Å²) in [5, 5.41) is 9.81. The second kappa shape index (κ2) is 7.09. The quantitative estimate of drug-likeness (QED) is 0.763. The van der Waals surface area contributed by atoms with Crippen LogP contribution < -0.4 is 0 Å². The summed E-state index contributed by atoms with van der Waals surface area (Å²) in [6.07, 6.45) is 2.87. The Labute approximate surface area is 107 Å². The molecule has 0 aliphatic rings. The largest absolute Gasteiger partial charge is 0.396 e. The fourth-order valence-electron chi connectivity index (χ4n) is 1.86. The van der Waals surface area contributed by atoms with Crippen LogP contribution in [0.4, 0.5) is 0 Å². The minimum atomic E-state index is 0.270. The van der Waals surface area contributed by atoms with Crippen molar-refractivity contribution in [3.05, 3.63) is 42.1 Å². The normalized spacial score (nSPS) is 10.9. The first-order chi connectivity index (χ1) is 8.90. The lowest BCUT2D eigenvalue weighted by atomic mass is 10.2. The third-order valence-corrected chi connectivity index (χ3v) is 2.85. The molecular weight excluding hydrogens is 226 g/mol. The van der Waals surface area contributed by atoms with Crippen LogP contribution in [-0.4, -0.2) is 23.3 Å². The molecule has 0 amide bonds. The van der Waals surface area contributed by atoms with E-state index in [0.29, 0.717) is 6.61 Å². The minimum absolute atomic E-state index is 0.270. The van der Waals surface area contributed by atoms with Gasteiger partial charge in [0, 0.05) is 18.6 Å². The second-order valence-corrected chi connectivity index (χ2v) is 4.33. The molecule has 0 unspecified atom stereocenters. The van der Waals surface area contributed by atoms with Crippen molar-refractivity contribution in [3.8, 4) is 0 Å². The van der Waals surface area contributed by atoms with Gasteiger partial charge in [-0.3, -0.25) is 4.98 Å². The molecular formula is C15H19NO2. The van der Waals surface area contributed by atoms with Crippen molar-refractivity contribution in [2.24, 2.45) is 0 Å². The molecule has 96 valence electrons. The molecule has 0 bridgehead atoms. The van der Waals surface area contributed by atoms with E-state index in [1.54, 1.807) is 0 Å². The van der Waals surface area contributed by atoms with Crippen LogP contribution >= 0.6 is 0 Å². The molecule has 3 nitrogen and oxygen atoms in total. The van der Waals surface area contributed by atoms with Crippen LogP contribution in [0.5, 0.6) is 0 Å². The summed E-state index contributed by atoms with van der Waals surface area (Å²) >= 11 is 0. The number of aliphatic hydroxyl groups excluding tert-OH is 1. The fourth-order valence-corrected chi connectivity index (χ4v) is 1.86. The smallest absolute Gasteiger partial charge is 0.0888 e. The lowest BCUT2D eigenvalue weighted by Gasteiger charge is -2.05. The maximum atomic E-state index is 8.65. The molecule has 0 fully saturated rings. The highest BCUT2D eigenvalue weighted by atomic mass is 16.5. The van der Waals surface area contributed by atoms with Gasteiger partial charge in [-0.25, -0.2) is 0 Å². The molecule has 2 aromatic rings. The maximum Gasteiger partial charge on any atom is 0.0888 e. The van der Waals surface area contributed by atoms with Crippen LogP contribution in [0.2, 0.25) is 0 Å². The monoisotopic (exact) mass is 245 g/mol. The van der Waals surface area contributed by atoms with Gasteiger partial charge in [-0.2, -0.15) is 0 Å². The molecule has 1 heterocycles. The van der Waals surface area contributed by atoms with Crippen LogP contribution in [0.15, 0.2) is 36.4 Å². The number of hydrogen-bond donors (Lipinski definition) is 1. The molecule has 0 aliphatic heterocycles. The predicted molar refractivity (Wildman–Crippen MR) is 72.3 cm³/mol. The molecule has 1 aromatic carbocycles. The number of fused-ring (bicyclic) bond motifs is 1. The van der Waals surface area contributed by atoms with Crippen molar-refractivity contribution in [1.29, 1.82) is 0 Å². The maximum absolute atomic E-state index is 8.65. The van der Waals surface area contributed by atoms with Crippen molar-refractivity contribution in [1.82, 2.24) is 4.98 Å². The molecule has 3 heteroatoms. The summed E-state index contributed by atoms with van der Waals surface area (Å²) in [6.45, 7) is 1.56. The van der Waals surface area contributed by atoms with Crippen LogP contribution in [0.25, 0.3) is 10.9 Å². The first-order valence-electron chi connectivity index (χ1n) is 6.43. The highest BCUT2D eigenvalue weighted by Crippen LogP contribution is 2.12. The zero-order valence-corrected chi connectivity index (χ0v) is 10.5. The average molecular weight is 245 g/mol. The number of ether oxygens (including phenoxy) is 1. The van der Waals surface area contributed by atoms with E-state index in [1.807, 2.05) is 24.3 Å². The number of benzene rings is 1. The predicted octanol–water partition coefficient (Wildman–Crippen LogP) is 2.91. The van der Waals surface area contributed by atoms with E-state index in [2.05, 4.69) is 17.1 Å². The number of aliphatic hydroxyl groups is 1. The molecule has 0 atom stereocenters. The lowest BCUT2D eigenvalue weighted by Crippen LogP contribution is -1.98. The summed E-state index contributed by atoms with van der Waals surface area (Å²) in [5.41, 5.74) is 1.98. The summed E-state index contributed by atoms with van der Waals surface area (Å²) < 4.78 is 5.57. The van der Waals surface area contributed by atoms with Crippen LogP contribution in [-0.2, 0) is 11.3 Å². The Morgan fingerprint density at radius 3 is 2.78 bits per heavy atom. The Morgan fingerprint density at radius 2 is 1.89 bits per heavy atom. The van der Waals surface area contributed by atoms with Gasteiger partial charge in [0.2, 0.25) is 0 Å². The van der Waals surface area contributed by atoms with E-state index in [9.17, 15) is 0 Å². The molecule has 0 aliphatic carbocycles. The van der Waals surface area contributed by atoms with Crippen molar-refractivity contribution < 1.29 is 9.84 Å². The lowest BCUT2D eigenvalue weighted by molar-refractivity contribution is 0.113. The number of para-hydroxylation sites is 1. The van der Waals surface area contributed by atoms with Crippen LogP contribution in [0.3, 0.4) is 0 Å². The number of aromatic nitrogens is 1. The molecule has 1 aromatic heterocycles. The van der Waals surface area contributed by atoms with Gasteiger partial charge >= 0.3 is 0 Å². The third-order valence-electron chi connectivity index (χ3n) is 2.85. The van der Waals surface area contributed by atoms with Gasteiger partial charge in [-0.05, 0) is 31.4 Å². The summed E-state index contributed by atoms with van der Waals surface area (Å²) in [6, 6.07) is 12.2. The van der Waals surface area contributed by atoms with Gasteiger partial charge in [0.05, 0.1) is 17.8 Å². The molecule has 0 radical (unpaired) electrons. The molecule has 0 spiro atoms.